The monoisotopic (exact) mass is 461 g/mol. The number of likely N-dealkylation sites (tertiary alicyclic amines) is 1. The van der Waals surface area contributed by atoms with Crippen molar-refractivity contribution >= 4 is 33.3 Å². The van der Waals surface area contributed by atoms with Crippen molar-refractivity contribution in [3.63, 3.8) is 0 Å². The van der Waals surface area contributed by atoms with Gasteiger partial charge >= 0.3 is 0 Å². The summed E-state index contributed by atoms with van der Waals surface area (Å²) in [6, 6.07) is 16.1. The van der Waals surface area contributed by atoms with E-state index in [2.05, 4.69) is 66.1 Å². The average molecular weight is 462 g/mol. The highest BCUT2D eigenvalue weighted by Crippen LogP contribution is 2.37. The van der Waals surface area contributed by atoms with Crippen LogP contribution in [0.2, 0.25) is 0 Å². The summed E-state index contributed by atoms with van der Waals surface area (Å²) in [6.45, 7) is 14.5. The number of aryl methyl sites for hydroxylation is 2. The molecule has 3 nitrogen and oxygen atoms in total. The summed E-state index contributed by atoms with van der Waals surface area (Å²) in [5, 5.41) is 7.98. The van der Waals surface area contributed by atoms with E-state index in [-0.39, 0.29) is 5.82 Å². The molecule has 1 saturated heterocycles. The molecule has 2 aromatic carbocycles. The van der Waals surface area contributed by atoms with Crippen molar-refractivity contribution in [2.45, 2.75) is 32.7 Å². The summed E-state index contributed by atoms with van der Waals surface area (Å²) in [5.74, 6) is -0.230. The number of halogens is 1. The number of nitrogens with zero attached hydrogens (tertiary/aromatic N) is 1. The van der Waals surface area contributed by atoms with Gasteiger partial charge < -0.3 is 15.5 Å². The molecule has 1 unspecified atom stereocenters. The van der Waals surface area contributed by atoms with Crippen LogP contribution in [0.3, 0.4) is 0 Å². The minimum atomic E-state index is -0.230. The number of likely N-dealkylation sites (N-methyl/N-ethyl adjacent to an activating group) is 1. The Morgan fingerprint density at radius 3 is 2.55 bits per heavy atom. The maximum Gasteiger partial charge on any atom is 0.131 e. The van der Waals surface area contributed by atoms with E-state index in [9.17, 15) is 4.39 Å². The Morgan fingerprint density at radius 2 is 1.88 bits per heavy atom. The molecule has 172 valence electrons. The van der Waals surface area contributed by atoms with Gasteiger partial charge in [0.1, 0.15) is 5.82 Å². The van der Waals surface area contributed by atoms with E-state index in [1.165, 1.54) is 25.5 Å². The zero-order valence-electron chi connectivity index (χ0n) is 19.7. The Labute approximate surface area is 200 Å². The highest BCUT2D eigenvalue weighted by Gasteiger charge is 2.20. The number of benzene rings is 2. The first kappa shape index (κ1) is 23.3. The number of nitrogens with one attached hydrogen (secondary N) is 2. The molecule has 1 aliphatic rings. The van der Waals surface area contributed by atoms with E-state index in [1.807, 2.05) is 19.9 Å². The van der Waals surface area contributed by atoms with Gasteiger partial charge in [0.25, 0.3) is 0 Å². The molecule has 3 aromatic rings. The van der Waals surface area contributed by atoms with Gasteiger partial charge in [-0.15, -0.1) is 11.3 Å². The fourth-order valence-corrected chi connectivity index (χ4v) is 5.52. The summed E-state index contributed by atoms with van der Waals surface area (Å²) in [6.07, 6.45) is 2.51. The van der Waals surface area contributed by atoms with E-state index in [1.54, 1.807) is 17.4 Å². The Balaban J connectivity index is 1.41. The van der Waals surface area contributed by atoms with Crippen molar-refractivity contribution in [1.82, 2.24) is 10.2 Å². The van der Waals surface area contributed by atoms with E-state index in [0.717, 1.165) is 50.1 Å². The minimum absolute atomic E-state index is 0.230. The normalized spacial score (nSPS) is 16.1. The number of thiophene rings is 1. The predicted octanol–water partition coefficient (Wildman–Crippen LogP) is 6.96. The van der Waals surface area contributed by atoms with Crippen LogP contribution in [0, 0.1) is 19.7 Å². The van der Waals surface area contributed by atoms with Gasteiger partial charge in [-0.2, -0.15) is 0 Å². The Morgan fingerprint density at radius 1 is 1.12 bits per heavy atom. The zero-order valence-corrected chi connectivity index (χ0v) is 20.5. The summed E-state index contributed by atoms with van der Waals surface area (Å²) >= 11 is 1.60. The second-order valence-electron chi connectivity index (χ2n) is 8.87. The van der Waals surface area contributed by atoms with E-state index in [4.69, 9.17) is 0 Å². The van der Waals surface area contributed by atoms with Gasteiger partial charge in [0.15, 0.2) is 0 Å². The lowest BCUT2D eigenvalue weighted by molar-refractivity contribution is 0.309. The fourth-order valence-electron chi connectivity index (χ4n) is 4.45. The molecule has 1 fully saturated rings. The van der Waals surface area contributed by atoms with Gasteiger partial charge in [-0.05, 0) is 86.8 Å². The largest absolute Gasteiger partial charge is 0.383 e. The highest BCUT2D eigenvalue weighted by molar-refractivity contribution is 7.17. The SMILES string of the molecule is C=C(NCC1CCCN1C)c1ccc(Nc2cc(C)c(C(=C)c3c(C)cccc3F)s2)cc1. The first-order valence-electron chi connectivity index (χ1n) is 11.4. The van der Waals surface area contributed by atoms with Crippen molar-refractivity contribution in [2.24, 2.45) is 0 Å². The summed E-state index contributed by atoms with van der Waals surface area (Å²) < 4.78 is 14.5. The first-order valence-corrected chi connectivity index (χ1v) is 12.2. The molecule has 0 aliphatic carbocycles. The second-order valence-corrected chi connectivity index (χ2v) is 9.92. The van der Waals surface area contributed by atoms with Gasteiger partial charge in [-0.3, -0.25) is 0 Å². The van der Waals surface area contributed by atoms with Gasteiger partial charge in [0.05, 0.1) is 5.00 Å². The minimum Gasteiger partial charge on any atom is -0.383 e. The van der Waals surface area contributed by atoms with Crippen LogP contribution in [-0.4, -0.2) is 31.1 Å². The van der Waals surface area contributed by atoms with Gasteiger partial charge in [-0.1, -0.05) is 37.4 Å². The van der Waals surface area contributed by atoms with Crippen molar-refractivity contribution in [2.75, 3.05) is 25.5 Å². The lowest BCUT2D eigenvalue weighted by Gasteiger charge is -2.21. The van der Waals surface area contributed by atoms with Crippen LogP contribution in [0.1, 0.15) is 40.0 Å². The summed E-state index contributed by atoms with van der Waals surface area (Å²) in [4.78, 5) is 3.41. The van der Waals surface area contributed by atoms with Crippen LogP contribution >= 0.6 is 11.3 Å². The maximum atomic E-state index is 14.5. The number of hydrogen-bond acceptors (Lipinski definition) is 4. The van der Waals surface area contributed by atoms with Crippen molar-refractivity contribution in [3.05, 3.63) is 94.6 Å². The van der Waals surface area contributed by atoms with Gasteiger partial charge in [-0.25, -0.2) is 4.39 Å². The molecule has 2 heterocycles. The number of rotatable bonds is 8. The summed E-state index contributed by atoms with van der Waals surface area (Å²) in [5.41, 5.74) is 6.34. The highest BCUT2D eigenvalue weighted by atomic mass is 32.1. The van der Waals surface area contributed by atoms with Gasteiger partial charge in [0, 0.05) is 34.4 Å². The molecule has 1 aromatic heterocycles. The quantitative estimate of drug-likeness (QED) is 0.379. The molecule has 1 atom stereocenters. The molecule has 0 radical (unpaired) electrons. The van der Waals surface area contributed by atoms with Crippen LogP contribution in [0.4, 0.5) is 15.1 Å². The summed E-state index contributed by atoms with van der Waals surface area (Å²) in [7, 11) is 2.19. The van der Waals surface area contributed by atoms with E-state index < -0.39 is 0 Å². The molecular weight excluding hydrogens is 429 g/mol. The molecule has 0 amide bonds. The topological polar surface area (TPSA) is 27.3 Å². The third-order valence-electron chi connectivity index (χ3n) is 6.44. The molecule has 0 spiro atoms. The molecule has 4 rings (SSSR count). The first-order chi connectivity index (χ1) is 15.8. The molecule has 2 N–H and O–H groups in total. The smallest absolute Gasteiger partial charge is 0.131 e. The number of anilines is 2. The van der Waals surface area contributed by atoms with Crippen molar-refractivity contribution in [3.8, 4) is 0 Å². The molecular formula is C28H32FN3S. The fraction of sp³-hybridized carbons (Fsp3) is 0.286. The lowest BCUT2D eigenvalue weighted by atomic mass is 9.98. The van der Waals surface area contributed by atoms with Crippen LogP contribution in [-0.2, 0) is 0 Å². The second kappa shape index (κ2) is 9.94. The van der Waals surface area contributed by atoms with Crippen LogP contribution in [0.15, 0.2) is 61.7 Å². The third kappa shape index (κ3) is 5.21. The molecule has 0 saturated carbocycles. The van der Waals surface area contributed by atoms with Crippen molar-refractivity contribution < 1.29 is 4.39 Å². The Hall–Kier alpha value is -2.89. The average Bonchev–Trinajstić information content (AvgIpc) is 3.37. The third-order valence-corrected chi connectivity index (χ3v) is 7.65. The van der Waals surface area contributed by atoms with Crippen molar-refractivity contribution in [1.29, 1.82) is 0 Å². The molecule has 1 aliphatic heterocycles. The van der Waals surface area contributed by atoms with E-state index >= 15 is 0 Å². The predicted molar refractivity (Wildman–Crippen MR) is 141 cm³/mol. The Kier molecular flexibility index (Phi) is 7.01. The molecule has 5 heteroatoms. The molecule has 33 heavy (non-hydrogen) atoms. The van der Waals surface area contributed by atoms with E-state index in [0.29, 0.717) is 11.6 Å². The standard InChI is InChI=1S/C28H32FN3S/c1-18-8-6-10-25(29)27(18)20(3)28-19(2)16-26(33-28)31-23-13-11-22(12-14-23)21(4)30-17-24-9-7-15-32(24)5/h6,8,10-14,16,24,30-31H,3-4,7,9,15,17H2,1-2,5H3. The lowest BCUT2D eigenvalue weighted by Crippen LogP contribution is -2.34. The molecule has 0 bridgehead atoms. The maximum absolute atomic E-state index is 14.5. The zero-order chi connectivity index (χ0) is 23.5. The van der Waals surface area contributed by atoms with Crippen LogP contribution < -0.4 is 10.6 Å². The van der Waals surface area contributed by atoms with Crippen LogP contribution in [0.5, 0.6) is 0 Å². The van der Waals surface area contributed by atoms with Gasteiger partial charge in [0.2, 0.25) is 0 Å². The van der Waals surface area contributed by atoms with Crippen LogP contribution in [0.25, 0.3) is 11.3 Å². The Bertz CT molecular complexity index is 1140. The number of hydrogen-bond donors (Lipinski definition) is 2.